The quantitative estimate of drug-likeness (QED) is 0.906. The van der Waals surface area contributed by atoms with Gasteiger partial charge in [0.05, 0.1) is 12.4 Å². The number of amides is 1. The van der Waals surface area contributed by atoms with Crippen LogP contribution in [0.25, 0.3) is 0 Å². The van der Waals surface area contributed by atoms with Crippen LogP contribution in [-0.4, -0.2) is 53.5 Å². The Morgan fingerprint density at radius 2 is 1.84 bits per heavy atom. The number of hydrogen-bond donors (Lipinski definition) is 1. The van der Waals surface area contributed by atoms with Crippen LogP contribution in [0.2, 0.25) is 0 Å². The van der Waals surface area contributed by atoms with E-state index in [-0.39, 0.29) is 5.91 Å². The van der Waals surface area contributed by atoms with E-state index in [0.29, 0.717) is 5.69 Å². The molecular formula is C19H25N5O. The van der Waals surface area contributed by atoms with E-state index in [1.807, 2.05) is 24.3 Å². The first kappa shape index (κ1) is 17.4. The number of benzene rings is 1. The van der Waals surface area contributed by atoms with Gasteiger partial charge in [-0.2, -0.15) is 0 Å². The highest BCUT2D eigenvalue weighted by atomic mass is 16.1. The Balaban J connectivity index is 1.65. The molecule has 1 amide bonds. The van der Waals surface area contributed by atoms with Crippen molar-refractivity contribution in [3.05, 3.63) is 47.9 Å². The highest BCUT2D eigenvalue weighted by Gasteiger charge is 2.18. The second-order valence-corrected chi connectivity index (χ2v) is 6.15. The first-order valence-electron chi connectivity index (χ1n) is 8.89. The lowest BCUT2D eigenvalue weighted by molar-refractivity contribution is 0.102. The zero-order valence-corrected chi connectivity index (χ0v) is 14.9. The van der Waals surface area contributed by atoms with Crippen molar-refractivity contribution in [2.24, 2.45) is 0 Å². The van der Waals surface area contributed by atoms with Crippen LogP contribution in [-0.2, 0) is 6.42 Å². The van der Waals surface area contributed by atoms with Gasteiger partial charge in [0.1, 0.15) is 11.5 Å². The minimum atomic E-state index is -0.226. The summed E-state index contributed by atoms with van der Waals surface area (Å²) >= 11 is 0. The molecule has 0 radical (unpaired) electrons. The van der Waals surface area contributed by atoms with Crippen molar-refractivity contribution in [3.8, 4) is 0 Å². The number of likely N-dealkylation sites (N-methyl/N-ethyl adjacent to an activating group) is 1. The molecule has 2 aromatic rings. The predicted octanol–water partition coefficient (Wildman–Crippen LogP) is 2.43. The van der Waals surface area contributed by atoms with Crippen LogP contribution in [0.5, 0.6) is 0 Å². The molecule has 0 unspecified atom stereocenters. The number of carbonyl (C=O) groups excluding carboxylic acids is 1. The summed E-state index contributed by atoms with van der Waals surface area (Å²) in [5.74, 6) is 0.608. The van der Waals surface area contributed by atoms with Gasteiger partial charge in [0.2, 0.25) is 0 Å². The van der Waals surface area contributed by atoms with E-state index in [9.17, 15) is 4.79 Å². The number of piperazine rings is 1. The van der Waals surface area contributed by atoms with Gasteiger partial charge in [0.15, 0.2) is 0 Å². The summed E-state index contributed by atoms with van der Waals surface area (Å²) in [5.41, 5.74) is 2.27. The smallest absolute Gasteiger partial charge is 0.275 e. The third kappa shape index (κ3) is 4.14. The Bertz CT molecular complexity index is 708. The minimum absolute atomic E-state index is 0.226. The normalized spacial score (nSPS) is 15.2. The van der Waals surface area contributed by atoms with Crippen LogP contribution >= 0.6 is 0 Å². The topological polar surface area (TPSA) is 61.4 Å². The average Bonchev–Trinajstić information content (AvgIpc) is 2.68. The van der Waals surface area contributed by atoms with E-state index < -0.39 is 0 Å². The molecule has 6 heteroatoms. The number of para-hydroxylation sites is 1. The standard InChI is InChI=1S/C19H25N5O/c1-3-15-7-5-6-8-16(15)22-19(25)17-13-21-18(14-20-17)24-11-9-23(4-2)10-12-24/h5-8,13-14H,3-4,9-12H2,1-2H3,(H,22,25). The SMILES string of the molecule is CCc1ccccc1NC(=O)c1cnc(N2CCN(CC)CC2)cn1. The first-order valence-corrected chi connectivity index (χ1v) is 8.89. The van der Waals surface area contributed by atoms with Gasteiger partial charge in [-0.25, -0.2) is 9.97 Å². The van der Waals surface area contributed by atoms with Gasteiger partial charge < -0.3 is 15.1 Å². The van der Waals surface area contributed by atoms with Crippen LogP contribution in [0.1, 0.15) is 29.9 Å². The van der Waals surface area contributed by atoms with Gasteiger partial charge in [-0.15, -0.1) is 0 Å². The monoisotopic (exact) mass is 339 g/mol. The second kappa shape index (κ2) is 8.07. The molecule has 25 heavy (non-hydrogen) atoms. The Labute approximate surface area is 148 Å². The number of hydrogen-bond acceptors (Lipinski definition) is 5. The largest absolute Gasteiger partial charge is 0.353 e. The number of rotatable bonds is 5. The molecule has 0 bridgehead atoms. The van der Waals surface area contributed by atoms with Crippen molar-refractivity contribution in [2.45, 2.75) is 20.3 Å². The third-order valence-electron chi connectivity index (χ3n) is 4.66. The molecule has 1 aromatic carbocycles. The maximum atomic E-state index is 12.4. The van der Waals surface area contributed by atoms with Crippen molar-refractivity contribution >= 4 is 17.4 Å². The van der Waals surface area contributed by atoms with Crippen molar-refractivity contribution in [1.82, 2.24) is 14.9 Å². The molecule has 1 fully saturated rings. The Hall–Kier alpha value is -2.47. The maximum Gasteiger partial charge on any atom is 0.275 e. The molecule has 0 aliphatic carbocycles. The Kier molecular flexibility index (Phi) is 5.60. The Morgan fingerprint density at radius 3 is 2.48 bits per heavy atom. The van der Waals surface area contributed by atoms with Gasteiger partial charge >= 0.3 is 0 Å². The fourth-order valence-electron chi connectivity index (χ4n) is 3.03. The fourth-order valence-corrected chi connectivity index (χ4v) is 3.03. The van der Waals surface area contributed by atoms with Crippen molar-refractivity contribution in [3.63, 3.8) is 0 Å². The van der Waals surface area contributed by atoms with E-state index in [0.717, 1.165) is 56.2 Å². The molecular weight excluding hydrogens is 314 g/mol. The highest BCUT2D eigenvalue weighted by molar-refractivity contribution is 6.03. The molecule has 2 heterocycles. The van der Waals surface area contributed by atoms with Gasteiger partial charge in [-0.3, -0.25) is 4.79 Å². The summed E-state index contributed by atoms with van der Waals surface area (Å²) in [6.07, 6.45) is 4.12. The van der Waals surface area contributed by atoms with Gasteiger partial charge in [0.25, 0.3) is 5.91 Å². The summed E-state index contributed by atoms with van der Waals surface area (Å²) in [6, 6.07) is 7.81. The zero-order valence-electron chi connectivity index (χ0n) is 14.9. The lowest BCUT2D eigenvalue weighted by Gasteiger charge is -2.34. The van der Waals surface area contributed by atoms with Crippen molar-refractivity contribution in [2.75, 3.05) is 42.9 Å². The number of nitrogens with zero attached hydrogens (tertiary/aromatic N) is 4. The number of anilines is 2. The van der Waals surface area contributed by atoms with E-state index in [1.54, 1.807) is 12.4 Å². The van der Waals surface area contributed by atoms with Crippen LogP contribution in [0.3, 0.4) is 0 Å². The molecule has 1 N–H and O–H groups in total. The zero-order chi connectivity index (χ0) is 17.6. The molecule has 1 saturated heterocycles. The summed E-state index contributed by atoms with van der Waals surface area (Å²) in [7, 11) is 0. The van der Waals surface area contributed by atoms with E-state index in [4.69, 9.17) is 0 Å². The predicted molar refractivity (Wildman–Crippen MR) is 100 cm³/mol. The molecule has 0 saturated carbocycles. The maximum absolute atomic E-state index is 12.4. The molecule has 132 valence electrons. The number of aromatic nitrogens is 2. The van der Waals surface area contributed by atoms with Gasteiger partial charge in [-0.1, -0.05) is 32.0 Å². The van der Waals surface area contributed by atoms with Crippen LogP contribution in [0.15, 0.2) is 36.7 Å². The van der Waals surface area contributed by atoms with E-state index in [1.165, 1.54) is 0 Å². The minimum Gasteiger partial charge on any atom is -0.353 e. The average molecular weight is 339 g/mol. The number of aryl methyl sites for hydroxylation is 1. The van der Waals surface area contributed by atoms with E-state index in [2.05, 4.69) is 38.9 Å². The molecule has 6 nitrogen and oxygen atoms in total. The molecule has 3 rings (SSSR count). The molecule has 0 atom stereocenters. The lowest BCUT2D eigenvalue weighted by Crippen LogP contribution is -2.46. The van der Waals surface area contributed by atoms with Crippen LogP contribution in [0.4, 0.5) is 11.5 Å². The second-order valence-electron chi connectivity index (χ2n) is 6.15. The van der Waals surface area contributed by atoms with Gasteiger partial charge in [0, 0.05) is 31.9 Å². The molecule has 1 aliphatic rings. The molecule has 1 aliphatic heterocycles. The summed E-state index contributed by atoms with van der Waals surface area (Å²) in [5, 5.41) is 2.93. The van der Waals surface area contributed by atoms with Gasteiger partial charge in [-0.05, 0) is 24.6 Å². The van der Waals surface area contributed by atoms with E-state index >= 15 is 0 Å². The Morgan fingerprint density at radius 1 is 1.08 bits per heavy atom. The van der Waals surface area contributed by atoms with Crippen molar-refractivity contribution in [1.29, 1.82) is 0 Å². The highest BCUT2D eigenvalue weighted by Crippen LogP contribution is 2.17. The van der Waals surface area contributed by atoms with Crippen LogP contribution in [0, 0.1) is 0 Å². The summed E-state index contributed by atoms with van der Waals surface area (Å²) in [4.78, 5) is 25.8. The first-order chi connectivity index (χ1) is 12.2. The van der Waals surface area contributed by atoms with Crippen LogP contribution < -0.4 is 10.2 Å². The number of carbonyl (C=O) groups is 1. The summed E-state index contributed by atoms with van der Waals surface area (Å²) < 4.78 is 0. The third-order valence-corrected chi connectivity index (χ3v) is 4.66. The lowest BCUT2D eigenvalue weighted by atomic mass is 10.1. The summed E-state index contributed by atoms with van der Waals surface area (Å²) in [6.45, 7) is 9.29. The molecule has 0 spiro atoms. The fraction of sp³-hybridized carbons (Fsp3) is 0.421. The van der Waals surface area contributed by atoms with Crippen molar-refractivity contribution < 1.29 is 4.79 Å². The molecule has 1 aromatic heterocycles. The number of nitrogens with one attached hydrogen (secondary N) is 1.